The van der Waals surface area contributed by atoms with Gasteiger partial charge >= 0.3 is 0 Å². The summed E-state index contributed by atoms with van der Waals surface area (Å²) in [5, 5.41) is 20.5. The van der Waals surface area contributed by atoms with E-state index >= 15 is 0 Å². The maximum absolute atomic E-state index is 12.0. The number of carbonyl (C=O) groups excluding carboxylic acids is 1. The summed E-state index contributed by atoms with van der Waals surface area (Å²) in [5.41, 5.74) is -0.887. The lowest BCUT2D eigenvalue weighted by Crippen LogP contribution is -2.27. The van der Waals surface area contributed by atoms with E-state index in [9.17, 15) is 15.0 Å². The molecule has 24 heavy (non-hydrogen) atoms. The van der Waals surface area contributed by atoms with Crippen LogP contribution in [-0.4, -0.2) is 27.7 Å². The van der Waals surface area contributed by atoms with Gasteiger partial charge in [-0.2, -0.15) is 0 Å². The molecule has 0 fully saturated rings. The maximum Gasteiger partial charge on any atom is 0.184 e. The second kappa shape index (κ2) is 11.0. The van der Waals surface area contributed by atoms with Crippen LogP contribution in [-0.2, 0) is 4.79 Å². The van der Waals surface area contributed by atoms with E-state index in [2.05, 4.69) is 19.6 Å². The fraction of sp³-hybridized carbons (Fsp3) is 0.476. The molecule has 0 bridgehead atoms. The van der Waals surface area contributed by atoms with Crippen LogP contribution in [0.1, 0.15) is 51.9 Å². The summed E-state index contributed by atoms with van der Waals surface area (Å²) in [6.45, 7) is 5.78. The van der Waals surface area contributed by atoms with Crippen molar-refractivity contribution in [1.82, 2.24) is 0 Å². The van der Waals surface area contributed by atoms with Gasteiger partial charge in [0, 0.05) is 12.0 Å². The molecule has 3 nitrogen and oxygen atoms in total. The Labute approximate surface area is 145 Å². The van der Waals surface area contributed by atoms with E-state index in [1.54, 1.807) is 30.4 Å². The summed E-state index contributed by atoms with van der Waals surface area (Å²) in [7, 11) is 0. The van der Waals surface area contributed by atoms with Gasteiger partial charge < -0.3 is 10.2 Å². The molecule has 2 N–H and O–H groups in total. The second-order valence-electron chi connectivity index (χ2n) is 6.19. The molecule has 1 rings (SSSR count). The molecule has 3 heteroatoms. The van der Waals surface area contributed by atoms with E-state index in [1.165, 1.54) is 18.9 Å². The predicted octanol–water partition coefficient (Wildman–Crippen LogP) is 4.19. The molecular formula is C21H30O3. The molecule has 1 aliphatic rings. The fourth-order valence-corrected chi connectivity index (χ4v) is 2.57. The van der Waals surface area contributed by atoms with Gasteiger partial charge in [0.05, 0.1) is 6.10 Å². The molecule has 1 aliphatic carbocycles. The lowest BCUT2D eigenvalue weighted by Gasteiger charge is -2.20. The number of rotatable bonds is 11. The summed E-state index contributed by atoms with van der Waals surface area (Å²) in [6, 6.07) is 0. The Hall–Kier alpha value is -1.71. The quantitative estimate of drug-likeness (QED) is 0.339. The molecule has 0 aromatic carbocycles. The molecule has 0 spiro atoms. The van der Waals surface area contributed by atoms with Gasteiger partial charge in [-0.3, -0.25) is 4.79 Å². The van der Waals surface area contributed by atoms with Gasteiger partial charge in [-0.05, 0) is 37.8 Å². The number of ketones is 1. The van der Waals surface area contributed by atoms with Crippen LogP contribution in [0, 0.1) is 0 Å². The van der Waals surface area contributed by atoms with Gasteiger partial charge in [-0.1, -0.05) is 56.2 Å². The van der Waals surface area contributed by atoms with Gasteiger partial charge in [0.25, 0.3) is 0 Å². The minimum absolute atomic E-state index is 0.179. The number of unbranched alkanes of at least 4 members (excludes halogenated alkanes) is 3. The number of hydrogen-bond donors (Lipinski definition) is 2. The highest BCUT2D eigenvalue weighted by atomic mass is 16.3. The third-order valence-corrected chi connectivity index (χ3v) is 4.08. The van der Waals surface area contributed by atoms with Crippen molar-refractivity contribution in [2.75, 3.05) is 0 Å². The Morgan fingerprint density at radius 3 is 2.79 bits per heavy atom. The molecule has 0 aromatic heterocycles. The van der Waals surface area contributed by atoms with E-state index in [0.29, 0.717) is 18.4 Å². The van der Waals surface area contributed by atoms with Gasteiger partial charge in [-0.25, -0.2) is 0 Å². The molecule has 132 valence electrons. The molecule has 0 saturated heterocycles. The largest absolute Gasteiger partial charge is 0.389 e. The van der Waals surface area contributed by atoms with E-state index < -0.39 is 11.7 Å². The zero-order chi connectivity index (χ0) is 17.8. The molecule has 0 saturated carbocycles. The standard InChI is InChI=1S/C21H30O3/c1-3-5-7-8-9-10-16-21(24)17-15-20(23)19(21)14-11-13-18(22)12-6-4-2/h4,9-11,13-15,17-18,22,24H,2-3,5-8,12,16H2,1H3/b10-9-,13-11-,19-14-/t18-,21+/m1/s1. The fourth-order valence-electron chi connectivity index (χ4n) is 2.57. The first-order chi connectivity index (χ1) is 11.5. The minimum atomic E-state index is -1.24. The van der Waals surface area contributed by atoms with Crippen molar-refractivity contribution in [2.24, 2.45) is 0 Å². The van der Waals surface area contributed by atoms with Crippen LogP contribution in [0.3, 0.4) is 0 Å². The van der Waals surface area contributed by atoms with Crippen LogP contribution in [0.2, 0.25) is 0 Å². The predicted molar refractivity (Wildman–Crippen MR) is 99.7 cm³/mol. The van der Waals surface area contributed by atoms with Gasteiger partial charge in [0.2, 0.25) is 0 Å². The summed E-state index contributed by atoms with van der Waals surface area (Å²) < 4.78 is 0. The van der Waals surface area contributed by atoms with Crippen molar-refractivity contribution in [3.63, 3.8) is 0 Å². The Morgan fingerprint density at radius 2 is 2.08 bits per heavy atom. The molecule has 0 unspecified atom stereocenters. The highest BCUT2D eigenvalue weighted by Crippen LogP contribution is 2.30. The van der Waals surface area contributed by atoms with E-state index in [4.69, 9.17) is 0 Å². The topological polar surface area (TPSA) is 57.5 Å². The first-order valence-electron chi connectivity index (χ1n) is 8.82. The van der Waals surface area contributed by atoms with Crippen LogP contribution >= 0.6 is 0 Å². The highest BCUT2D eigenvalue weighted by molar-refractivity contribution is 6.09. The van der Waals surface area contributed by atoms with Crippen molar-refractivity contribution in [3.8, 4) is 0 Å². The number of aliphatic hydroxyl groups is 2. The molecule has 2 atom stereocenters. The van der Waals surface area contributed by atoms with Crippen molar-refractivity contribution in [3.05, 3.63) is 60.8 Å². The van der Waals surface area contributed by atoms with Gasteiger partial charge in [0.15, 0.2) is 5.78 Å². The lowest BCUT2D eigenvalue weighted by molar-refractivity contribution is -0.112. The number of hydrogen-bond acceptors (Lipinski definition) is 3. The average Bonchev–Trinajstić information content (AvgIpc) is 2.85. The van der Waals surface area contributed by atoms with E-state index in [1.807, 2.05) is 6.08 Å². The average molecular weight is 330 g/mol. The minimum Gasteiger partial charge on any atom is -0.389 e. The Bertz CT molecular complexity index is 525. The molecule has 0 amide bonds. The number of carbonyl (C=O) groups is 1. The van der Waals surface area contributed by atoms with Gasteiger partial charge in [0.1, 0.15) is 5.60 Å². The Morgan fingerprint density at radius 1 is 1.29 bits per heavy atom. The van der Waals surface area contributed by atoms with E-state index in [-0.39, 0.29) is 5.78 Å². The van der Waals surface area contributed by atoms with Gasteiger partial charge in [-0.15, -0.1) is 6.58 Å². The number of aliphatic hydroxyl groups excluding tert-OH is 1. The van der Waals surface area contributed by atoms with Crippen molar-refractivity contribution in [1.29, 1.82) is 0 Å². The lowest BCUT2D eigenvalue weighted by atomic mass is 9.92. The summed E-state index contributed by atoms with van der Waals surface area (Å²) in [6.07, 6.45) is 19.3. The smallest absolute Gasteiger partial charge is 0.184 e. The van der Waals surface area contributed by atoms with Crippen LogP contribution in [0.25, 0.3) is 0 Å². The molecule has 0 aliphatic heterocycles. The zero-order valence-electron chi connectivity index (χ0n) is 14.7. The highest BCUT2D eigenvalue weighted by Gasteiger charge is 2.35. The molecule has 0 heterocycles. The molecule has 0 aromatic rings. The summed E-state index contributed by atoms with van der Waals surface area (Å²) in [5.74, 6) is -0.179. The zero-order valence-corrected chi connectivity index (χ0v) is 14.7. The first kappa shape index (κ1) is 20.3. The number of allylic oxidation sites excluding steroid dienone is 5. The van der Waals surface area contributed by atoms with Crippen molar-refractivity contribution >= 4 is 5.78 Å². The summed E-state index contributed by atoms with van der Waals surface area (Å²) >= 11 is 0. The SMILES string of the molecule is C=CCC[C@@H](O)/C=C\C=C1\C(=O)C=C[C@@]1(O)C/C=C\CCCCC. The Balaban J connectivity index is 2.63. The van der Waals surface area contributed by atoms with E-state index in [0.717, 1.165) is 19.3 Å². The molecular weight excluding hydrogens is 300 g/mol. The summed E-state index contributed by atoms with van der Waals surface area (Å²) in [4.78, 5) is 12.0. The van der Waals surface area contributed by atoms with Crippen molar-refractivity contribution in [2.45, 2.75) is 63.6 Å². The Kier molecular flexibility index (Phi) is 9.28. The van der Waals surface area contributed by atoms with Crippen LogP contribution in [0.5, 0.6) is 0 Å². The first-order valence-corrected chi connectivity index (χ1v) is 8.82. The van der Waals surface area contributed by atoms with Crippen molar-refractivity contribution < 1.29 is 15.0 Å². The third-order valence-electron chi connectivity index (χ3n) is 4.08. The monoisotopic (exact) mass is 330 g/mol. The maximum atomic E-state index is 12.0. The normalized spacial score (nSPS) is 23.8. The van der Waals surface area contributed by atoms with Crippen LogP contribution < -0.4 is 0 Å². The third kappa shape index (κ3) is 6.81. The van der Waals surface area contributed by atoms with Crippen LogP contribution in [0.4, 0.5) is 0 Å². The van der Waals surface area contributed by atoms with Crippen LogP contribution in [0.15, 0.2) is 60.8 Å². The second-order valence-corrected chi connectivity index (χ2v) is 6.19. The molecule has 0 radical (unpaired) electrons.